The summed E-state index contributed by atoms with van der Waals surface area (Å²) in [5.41, 5.74) is 6.41. The van der Waals surface area contributed by atoms with Gasteiger partial charge in [-0.2, -0.15) is 4.98 Å². The summed E-state index contributed by atoms with van der Waals surface area (Å²) in [6.07, 6.45) is -0.377. The molecule has 2 heterocycles. The first kappa shape index (κ1) is 20.0. The van der Waals surface area contributed by atoms with Crippen LogP contribution in [0.25, 0.3) is 10.8 Å². The Morgan fingerprint density at radius 3 is 2.73 bits per heavy atom. The summed E-state index contributed by atoms with van der Waals surface area (Å²) >= 11 is 0. The third-order valence-corrected chi connectivity index (χ3v) is 5.26. The van der Waals surface area contributed by atoms with Gasteiger partial charge in [-0.25, -0.2) is 4.79 Å². The van der Waals surface area contributed by atoms with Gasteiger partial charge in [-0.05, 0) is 22.4 Å². The van der Waals surface area contributed by atoms with Gasteiger partial charge in [0.25, 0.3) is 0 Å². The first-order valence-electron chi connectivity index (χ1n) is 9.53. The highest BCUT2D eigenvalue weighted by Gasteiger charge is 2.35. The molecule has 2 aromatic carbocycles. The zero-order valence-corrected chi connectivity index (χ0v) is 16.1. The van der Waals surface area contributed by atoms with Gasteiger partial charge in [0.15, 0.2) is 5.82 Å². The lowest BCUT2D eigenvalue weighted by Gasteiger charge is -2.22. The Morgan fingerprint density at radius 2 is 2.03 bits per heavy atom. The van der Waals surface area contributed by atoms with Crippen LogP contribution in [0, 0.1) is 0 Å². The lowest BCUT2D eigenvalue weighted by Crippen LogP contribution is -2.31. The maximum absolute atomic E-state index is 12.3. The van der Waals surface area contributed by atoms with Gasteiger partial charge in [0.1, 0.15) is 18.0 Å². The molecule has 9 nitrogen and oxygen atoms in total. The summed E-state index contributed by atoms with van der Waals surface area (Å²) in [5, 5.41) is 21.4. The number of carbonyl (C=O) groups excluding carboxylic acids is 1. The number of ether oxygens (including phenoxy) is 1. The molecule has 3 aromatic rings. The van der Waals surface area contributed by atoms with E-state index in [9.17, 15) is 19.8 Å². The van der Waals surface area contributed by atoms with Crippen LogP contribution in [0.1, 0.15) is 18.2 Å². The smallest absolute Gasteiger partial charge is 0.351 e. The summed E-state index contributed by atoms with van der Waals surface area (Å²) in [4.78, 5) is 29.4. The molecule has 4 N–H and O–H groups in total. The molecule has 0 unspecified atom stereocenters. The van der Waals surface area contributed by atoms with Crippen LogP contribution in [0.4, 0.5) is 11.5 Å². The number of anilines is 2. The van der Waals surface area contributed by atoms with E-state index in [1.165, 1.54) is 15.7 Å². The number of amides is 1. The number of hydrogen-bond donors (Lipinski definition) is 3. The molecule has 0 spiro atoms. The van der Waals surface area contributed by atoms with E-state index in [1.807, 2.05) is 42.5 Å². The van der Waals surface area contributed by atoms with Crippen LogP contribution in [0.5, 0.6) is 0 Å². The second kappa shape index (κ2) is 8.23. The summed E-state index contributed by atoms with van der Waals surface area (Å²) < 4.78 is 6.72. The quantitative estimate of drug-likeness (QED) is 0.512. The van der Waals surface area contributed by atoms with Gasteiger partial charge in [-0.3, -0.25) is 9.36 Å². The Morgan fingerprint density at radius 1 is 1.27 bits per heavy atom. The van der Waals surface area contributed by atoms with Crippen molar-refractivity contribution in [3.63, 3.8) is 0 Å². The number of hydrogen-bond acceptors (Lipinski definition) is 7. The SMILES string of the molecule is Nc1nc(=O)n([C@H]2C[C@H](O)[C@@H](CO)O2)cc1N(C=O)Cc1ccc2ccccc2c1. The van der Waals surface area contributed by atoms with Gasteiger partial charge in [-0.15, -0.1) is 0 Å². The second-order valence-corrected chi connectivity index (χ2v) is 7.23. The molecule has 30 heavy (non-hydrogen) atoms. The largest absolute Gasteiger partial charge is 0.394 e. The van der Waals surface area contributed by atoms with E-state index in [0.717, 1.165) is 16.3 Å². The highest BCUT2D eigenvalue weighted by molar-refractivity contribution is 5.84. The van der Waals surface area contributed by atoms with E-state index in [0.29, 0.717) is 6.41 Å². The second-order valence-electron chi connectivity index (χ2n) is 7.23. The molecular formula is C21H22N4O5. The number of aliphatic hydroxyl groups is 2. The minimum absolute atomic E-state index is 0.0820. The predicted octanol–water partition coefficient (Wildman–Crippen LogP) is 0.782. The van der Waals surface area contributed by atoms with Crippen LogP contribution in [-0.4, -0.2) is 45.0 Å². The molecule has 9 heteroatoms. The third kappa shape index (κ3) is 3.78. The van der Waals surface area contributed by atoms with Crippen molar-refractivity contribution in [2.45, 2.75) is 31.4 Å². The maximum Gasteiger partial charge on any atom is 0.351 e. The topological polar surface area (TPSA) is 131 Å². The molecule has 0 saturated carbocycles. The Balaban J connectivity index is 1.65. The van der Waals surface area contributed by atoms with Crippen molar-refractivity contribution in [2.75, 3.05) is 17.2 Å². The zero-order valence-electron chi connectivity index (χ0n) is 16.1. The van der Waals surface area contributed by atoms with Crippen LogP contribution in [0.3, 0.4) is 0 Å². The predicted molar refractivity (Wildman–Crippen MR) is 111 cm³/mol. The molecule has 1 saturated heterocycles. The highest BCUT2D eigenvalue weighted by atomic mass is 16.5. The summed E-state index contributed by atoms with van der Waals surface area (Å²) in [5.74, 6) is -0.0820. The van der Waals surface area contributed by atoms with Crippen molar-refractivity contribution in [2.24, 2.45) is 0 Å². The highest BCUT2D eigenvalue weighted by Crippen LogP contribution is 2.30. The van der Waals surface area contributed by atoms with Crippen molar-refractivity contribution < 1.29 is 19.7 Å². The van der Waals surface area contributed by atoms with Gasteiger partial charge >= 0.3 is 5.69 Å². The van der Waals surface area contributed by atoms with E-state index < -0.39 is 24.1 Å². The molecule has 156 valence electrons. The average Bonchev–Trinajstić information content (AvgIpc) is 3.12. The molecular weight excluding hydrogens is 388 g/mol. The van der Waals surface area contributed by atoms with Crippen LogP contribution < -0.4 is 16.3 Å². The number of carbonyl (C=O) groups is 1. The van der Waals surface area contributed by atoms with Gasteiger partial charge in [0.05, 0.1) is 19.3 Å². The van der Waals surface area contributed by atoms with Crippen LogP contribution >= 0.6 is 0 Å². The number of nitrogen functional groups attached to an aromatic ring is 1. The monoisotopic (exact) mass is 410 g/mol. The maximum atomic E-state index is 12.3. The number of rotatable bonds is 6. The fourth-order valence-corrected chi connectivity index (χ4v) is 3.66. The van der Waals surface area contributed by atoms with Crippen LogP contribution in [0.2, 0.25) is 0 Å². The average molecular weight is 410 g/mol. The standard InChI is InChI=1S/C21H22N4O5/c22-20-16(10-25(21(29)23-20)19-8-17(28)18(11-26)30-19)24(12-27)9-13-5-6-14-3-1-2-4-15(14)7-13/h1-7,10,12,17-19,26,28H,8-9,11H2,(H2,22,23,29)/t17-,18+,19+/m0/s1. The lowest BCUT2D eigenvalue weighted by atomic mass is 10.1. The Labute approximate surface area is 171 Å². The number of benzene rings is 2. The molecule has 0 aliphatic carbocycles. The number of nitrogens with two attached hydrogens (primary N) is 1. The molecule has 1 fully saturated rings. The first-order valence-corrected chi connectivity index (χ1v) is 9.53. The summed E-state index contributed by atoms with van der Waals surface area (Å²) in [6.45, 7) is -0.143. The number of aromatic nitrogens is 2. The summed E-state index contributed by atoms with van der Waals surface area (Å²) in [6, 6.07) is 13.8. The van der Waals surface area contributed by atoms with E-state index in [4.69, 9.17) is 10.5 Å². The molecule has 1 aliphatic rings. The number of fused-ring (bicyclic) bond motifs is 1. The molecule has 1 aromatic heterocycles. The number of aliphatic hydroxyl groups excluding tert-OH is 2. The minimum Gasteiger partial charge on any atom is -0.394 e. The Bertz CT molecular complexity index is 1130. The first-order chi connectivity index (χ1) is 14.5. The normalized spacial score (nSPS) is 21.1. The van der Waals surface area contributed by atoms with E-state index in [1.54, 1.807) is 0 Å². The molecule has 0 radical (unpaired) electrons. The van der Waals surface area contributed by atoms with Crippen LogP contribution in [0.15, 0.2) is 53.5 Å². The van der Waals surface area contributed by atoms with Gasteiger partial charge in [-0.1, -0.05) is 36.4 Å². The lowest BCUT2D eigenvalue weighted by molar-refractivity contribution is -0.107. The fraction of sp³-hybridized carbons (Fsp3) is 0.286. The molecule has 1 amide bonds. The minimum atomic E-state index is -0.910. The van der Waals surface area contributed by atoms with Crippen LogP contribution in [-0.2, 0) is 16.1 Å². The van der Waals surface area contributed by atoms with Crippen molar-refractivity contribution in [1.29, 1.82) is 0 Å². The third-order valence-electron chi connectivity index (χ3n) is 5.26. The van der Waals surface area contributed by atoms with E-state index in [2.05, 4.69) is 4.98 Å². The fourth-order valence-electron chi connectivity index (χ4n) is 3.66. The number of nitrogens with zero attached hydrogens (tertiary/aromatic N) is 3. The van der Waals surface area contributed by atoms with E-state index >= 15 is 0 Å². The van der Waals surface area contributed by atoms with Gasteiger partial charge < -0.3 is 25.6 Å². The van der Waals surface area contributed by atoms with E-state index in [-0.39, 0.29) is 31.1 Å². The zero-order chi connectivity index (χ0) is 21.3. The van der Waals surface area contributed by atoms with Crippen molar-refractivity contribution in [3.8, 4) is 0 Å². The van der Waals surface area contributed by atoms with Gasteiger partial charge in [0, 0.05) is 12.6 Å². The molecule has 0 bridgehead atoms. The van der Waals surface area contributed by atoms with Crippen molar-refractivity contribution in [3.05, 3.63) is 64.7 Å². The Kier molecular flexibility index (Phi) is 5.49. The molecule has 1 aliphatic heterocycles. The van der Waals surface area contributed by atoms with Crippen molar-refractivity contribution >= 4 is 28.7 Å². The Hall–Kier alpha value is -3.27. The van der Waals surface area contributed by atoms with Crippen molar-refractivity contribution in [1.82, 2.24) is 9.55 Å². The molecule has 3 atom stereocenters. The summed E-state index contributed by atoms with van der Waals surface area (Å²) in [7, 11) is 0. The molecule has 4 rings (SSSR count). The van der Waals surface area contributed by atoms with Gasteiger partial charge in [0.2, 0.25) is 6.41 Å².